The van der Waals surface area contributed by atoms with E-state index in [0.717, 1.165) is 42.9 Å². The zero-order valence-corrected chi connectivity index (χ0v) is 14.7. The molecular formula is C21H31NO. The lowest BCUT2D eigenvalue weighted by molar-refractivity contribution is -0.127. The average molecular weight is 313 g/mol. The molecule has 6 atom stereocenters. The Kier molecular flexibility index (Phi) is 4.11. The Morgan fingerprint density at radius 1 is 0.870 bits per heavy atom. The molecule has 0 heterocycles. The summed E-state index contributed by atoms with van der Waals surface area (Å²) in [7, 11) is 0. The number of carbonyl (C=O) groups excluding carboxylic acids is 1. The maximum atomic E-state index is 12.8. The van der Waals surface area contributed by atoms with E-state index in [4.69, 9.17) is 0 Å². The molecule has 23 heavy (non-hydrogen) atoms. The van der Waals surface area contributed by atoms with Crippen molar-refractivity contribution in [3.05, 3.63) is 23.3 Å². The molecule has 0 aromatic carbocycles. The van der Waals surface area contributed by atoms with Gasteiger partial charge in [0.1, 0.15) is 0 Å². The van der Waals surface area contributed by atoms with Crippen molar-refractivity contribution in [2.45, 2.75) is 71.3 Å². The van der Waals surface area contributed by atoms with Crippen LogP contribution in [0.5, 0.6) is 0 Å². The van der Waals surface area contributed by atoms with Gasteiger partial charge in [0.05, 0.1) is 0 Å². The van der Waals surface area contributed by atoms with E-state index >= 15 is 0 Å². The Labute approximate surface area is 140 Å². The number of nitrogens with one attached hydrogen (secondary N) is 1. The lowest BCUT2D eigenvalue weighted by Gasteiger charge is -2.39. The van der Waals surface area contributed by atoms with Gasteiger partial charge in [-0.1, -0.05) is 37.1 Å². The number of allylic oxidation sites excluding steroid dienone is 3. The van der Waals surface area contributed by atoms with Crippen LogP contribution in [-0.4, -0.2) is 11.9 Å². The Hall–Kier alpha value is -1.05. The maximum absolute atomic E-state index is 12.8. The van der Waals surface area contributed by atoms with Crippen LogP contribution in [0.4, 0.5) is 0 Å². The Morgan fingerprint density at radius 3 is 2.09 bits per heavy atom. The van der Waals surface area contributed by atoms with E-state index in [-0.39, 0.29) is 5.92 Å². The van der Waals surface area contributed by atoms with E-state index < -0.39 is 0 Å². The minimum Gasteiger partial charge on any atom is -0.353 e. The molecular weight excluding hydrogens is 282 g/mol. The van der Waals surface area contributed by atoms with Gasteiger partial charge in [-0.05, 0) is 75.0 Å². The second-order valence-corrected chi connectivity index (χ2v) is 9.00. The van der Waals surface area contributed by atoms with E-state index in [1.165, 1.54) is 32.1 Å². The second kappa shape index (κ2) is 6.11. The van der Waals surface area contributed by atoms with Crippen LogP contribution in [0, 0.1) is 29.6 Å². The van der Waals surface area contributed by atoms with Crippen LogP contribution in [0.2, 0.25) is 0 Å². The minimum absolute atomic E-state index is 0.238. The van der Waals surface area contributed by atoms with Crippen molar-refractivity contribution >= 4 is 5.91 Å². The molecule has 0 saturated heterocycles. The third kappa shape index (κ3) is 3.41. The van der Waals surface area contributed by atoms with Gasteiger partial charge in [-0.2, -0.15) is 0 Å². The predicted molar refractivity (Wildman–Crippen MR) is 93.8 cm³/mol. The van der Waals surface area contributed by atoms with Crippen LogP contribution < -0.4 is 5.32 Å². The van der Waals surface area contributed by atoms with E-state index in [9.17, 15) is 4.79 Å². The molecule has 0 aromatic heterocycles. The van der Waals surface area contributed by atoms with Crippen LogP contribution in [0.3, 0.4) is 0 Å². The maximum Gasteiger partial charge on any atom is 0.223 e. The summed E-state index contributed by atoms with van der Waals surface area (Å²) < 4.78 is 0. The van der Waals surface area contributed by atoms with E-state index in [1.54, 1.807) is 11.1 Å². The quantitative estimate of drug-likeness (QED) is 0.741. The molecule has 0 aliphatic heterocycles. The Bertz CT molecular complexity index is 546. The van der Waals surface area contributed by atoms with Crippen molar-refractivity contribution in [3.8, 4) is 0 Å². The number of amides is 1. The summed E-state index contributed by atoms with van der Waals surface area (Å²) in [5.41, 5.74) is 3.15. The first-order valence-electron chi connectivity index (χ1n) is 9.74. The Morgan fingerprint density at radius 2 is 1.48 bits per heavy atom. The van der Waals surface area contributed by atoms with Crippen molar-refractivity contribution < 1.29 is 4.79 Å². The van der Waals surface area contributed by atoms with Gasteiger partial charge in [0.25, 0.3) is 0 Å². The monoisotopic (exact) mass is 313 g/mol. The van der Waals surface area contributed by atoms with E-state index in [0.29, 0.717) is 11.9 Å². The fourth-order valence-electron chi connectivity index (χ4n) is 5.93. The highest BCUT2D eigenvalue weighted by molar-refractivity contribution is 5.79. The van der Waals surface area contributed by atoms with E-state index in [1.807, 2.05) is 0 Å². The first kappa shape index (κ1) is 15.5. The van der Waals surface area contributed by atoms with Gasteiger partial charge in [-0.3, -0.25) is 4.79 Å². The van der Waals surface area contributed by atoms with Gasteiger partial charge in [0.2, 0.25) is 5.91 Å². The molecule has 2 heteroatoms. The van der Waals surface area contributed by atoms with Crippen molar-refractivity contribution in [1.82, 2.24) is 5.32 Å². The standard InChI is InChI=1S/C21H31NO/c1-13-3-15-7-16(4-13)10-19(9-15)21(23)22-20-11-17-5-14(2)6-18(8-17)12-20/h3,5,13-14,16,18-20H,4,6-12H2,1-2H3,(H,22,23). The second-order valence-electron chi connectivity index (χ2n) is 9.00. The third-order valence-corrected chi connectivity index (χ3v) is 6.52. The molecule has 2 saturated carbocycles. The SMILES string of the molecule is CC1C=C2CC(C1)CC(NC(=O)C1CC3=CC(C)CC(C3)C1)C2. The molecule has 0 aromatic rings. The summed E-state index contributed by atoms with van der Waals surface area (Å²) >= 11 is 0. The van der Waals surface area contributed by atoms with Gasteiger partial charge in [0, 0.05) is 12.0 Å². The topological polar surface area (TPSA) is 29.1 Å². The molecule has 126 valence electrons. The van der Waals surface area contributed by atoms with Crippen LogP contribution >= 0.6 is 0 Å². The minimum atomic E-state index is 0.238. The van der Waals surface area contributed by atoms with Crippen molar-refractivity contribution in [2.75, 3.05) is 0 Å². The molecule has 0 spiro atoms. The fraction of sp³-hybridized carbons (Fsp3) is 0.762. The van der Waals surface area contributed by atoms with Gasteiger partial charge < -0.3 is 5.32 Å². The molecule has 1 N–H and O–H groups in total. The van der Waals surface area contributed by atoms with Crippen molar-refractivity contribution in [3.63, 3.8) is 0 Å². The van der Waals surface area contributed by atoms with Crippen LogP contribution in [0.25, 0.3) is 0 Å². The van der Waals surface area contributed by atoms with Crippen LogP contribution in [0.15, 0.2) is 23.3 Å². The van der Waals surface area contributed by atoms with E-state index in [2.05, 4.69) is 31.3 Å². The summed E-state index contributed by atoms with van der Waals surface area (Å²) in [5.74, 6) is 3.60. The van der Waals surface area contributed by atoms with Crippen LogP contribution in [0.1, 0.15) is 65.2 Å². The molecule has 4 bridgehead atoms. The highest BCUT2D eigenvalue weighted by Crippen LogP contribution is 2.42. The number of rotatable bonds is 2. The highest BCUT2D eigenvalue weighted by atomic mass is 16.1. The van der Waals surface area contributed by atoms with Crippen molar-refractivity contribution in [1.29, 1.82) is 0 Å². The summed E-state index contributed by atoms with van der Waals surface area (Å²) in [6, 6.07) is 0.398. The molecule has 2 fully saturated rings. The van der Waals surface area contributed by atoms with Gasteiger partial charge in [-0.15, -0.1) is 0 Å². The van der Waals surface area contributed by atoms with Crippen molar-refractivity contribution in [2.24, 2.45) is 29.6 Å². The van der Waals surface area contributed by atoms with Gasteiger partial charge in [-0.25, -0.2) is 0 Å². The summed E-state index contributed by atoms with van der Waals surface area (Å²) in [6.07, 6.45) is 14.5. The molecule has 1 amide bonds. The highest BCUT2D eigenvalue weighted by Gasteiger charge is 2.35. The molecule has 2 nitrogen and oxygen atoms in total. The predicted octanol–water partition coefficient (Wildman–Crippen LogP) is 4.62. The average Bonchev–Trinajstić information content (AvgIpc) is 2.44. The lowest BCUT2D eigenvalue weighted by Crippen LogP contribution is -2.44. The van der Waals surface area contributed by atoms with Crippen LogP contribution in [-0.2, 0) is 4.79 Å². The lowest BCUT2D eigenvalue weighted by atomic mass is 9.70. The number of carbonyl (C=O) groups is 1. The summed E-state index contributed by atoms with van der Waals surface area (Å²) in [4.78, 5) is 12.8. The fourth-order valence-corrected chi connectivity index (χ4v) is 5.93. The Balaban J connectivity index is 1.37. The number of hydrogen-bond acceptors (Lipinski definition) is 1. The molecule has 4 rings (SSSR count). The molecule has 6 unspecified atom stereocenters. The molecule has 4 aliphatic rings. The van der Waals surface area contributed by atoms with Gasteiger partial charge in [0.15, 0.2) is 0 Å². The zero-order valence-electron chi connectivity index (χ0n) is 14.7. The third-order valence-electron chi connectivity index (χ3n) is 6.52. The zero-order chi connectivity index (χ0) is 16.0. The number of hydrogen-bond donors (Lipinski definition) is 1. The molecule has 4 aliphatic carbocycles. The largest absolute Gasteiger partial charge is 0.353 e. The normalized spacial score (nSPS) is 42.5. The first-order chi connectivity index (χ1) is 11.0. The molecule has 0 radical (unpaired) electrons. The smallest absolute Gasteiger partial charge is 0.223 e. The first-order valence-corrected chi connectivity index (χ1v) is 9.74. The summed E-state index contributed by atoms with van der Waals surface area (Å²) in [5, 5.41) is 3.43. The van der Waals surface area contributed by atoms with Gasteiger partial charge >= 0.3 is 0 Å². The summed E-state index contributed by atoms with van der Waals surface area (Å²) in [6.45, 7) is 4.66. The number of fused-ring (bicyclic) bond motifs is 4.